The van der Waals surface area contributed by atoms with Gasteiger partial charge >= 0.3 is 5.97 Å². The molecule has 1 aromatic heterocycles. The molecule has 188 valence electrons. The van der Waals surface area contributed by atoms with Crippen molar-refractivity contribution in [1.82, 2.24) is 10.2 Å². The minimum absolute atomic E-state index is 0.0584. The van der Waals surface area contributed by atoms with Crippen LogP contribution in [0.5, 0.6) is 0 Å². The number of amides is 3. The van der Waals surface area contributed by atoms with E-state index < -0.39 is 36.0 Å². The summed E-state index contributed by atoms with van der Waals surface area (Å²) in [6.45, 7) is 6.93. The molecule has 1 fully saturated rings. The van der Waals surface area contributed by atoms with E-state index in [2.05, 4.69) is 5.32 Å². The Hall–Kier alpha value is -3.20. The number of thiophene rings is 1. The molecule has 1 saturated heterocycles. The van der Waals surface area contributed by atoms with Crippen LogP contribution in [0.4, 0.5) is 5.69 Å². The first-order valence-electron chi connectivity index (χ1n) is 11.6. The highest BCUT2D eigenvalue weighted by Gasteiger charge is 2.43. The van der Waals surface area contributed by atoms with Crippen molar-refractivity contribution in [2.24, 2.45) is 5.92 Å². The number of ether oxygens (including phenoxy) is 1. The molecule has 2 aromatic rings. The Kier molecular flexibility index (Phi) is 8.32. The van der Waals surface area contributed by atoms with Crippen molar-refractivity contribution < 1.29 is 23.9 Å². The number of piperidine rings is 1. The fraction of sp³-hybridized carbons (Fsp3) is 0.462. The SMILES string of the molecule is Cc1ccc(N2C(=O)CCC(C(=O)OCC(=O)N(C)CC(=O)NC(C)(C)C)C2c2cccs2)cc1. The maximum absolute atomic E-state index is 13.2. The minimum Gasteiger partial charge on any atom is -0.455 e. The average molecular weight is 500 g/mol. The van der Waals surface area contributed by atoms with Crippen LogP contribution in [0.3, 0.4) is 0 Å². The molecule has 2 atom stereocenters. The molecule has 3 rings (SSSR count). The number of anilines is 1. The molecule has 0 aliphatic carbocycles. The monoisotopic (exact) mass is 499 g/mol. The van der Waals surface area contributed by atoms with Gasteiger partial charge in [0, 0.05) is 29.6 Å². The summed E-state index contributed by atoms with van der Waals surface area (Å²) in [7, 11) is 1.49. The fourth-order valence-electron chi connectivity index (χ4n) is 4.05. The molecular weight excluding hydrogens is 466 g/mol. The third-order valence-electron chi connectivity index (χ3n) is 5.71. The zero-order valence-corrected chi connectivity index (χ0v) is 21.7. The lowest BCUT2D eigenvalue weighted by Crippen LogP contribution is -2.47. The predicted octanol–water partition coefficient (Wildman–Crippen LogP) is 3.46. The summed E-state index contributed by atoms with van der Waals surface area (Å²) in [6, 6.07) is 10.9. The van der Waals surface area contributed by atoms with Gasteiger partial charge in [0.1, 0.15) is 0 Å². The Labute approximate surface area is 210 Å². The van der Waals surface area contributed by atoms with Crippen LogP contribution < -0.4 is 10.2 Å². The quantitative estimate of drug-likeness (QED) is 0.589. The van der Waals surface area contributed by atoms with Gasteiger partial charge in [-0.3, -0.25) is 19.2 Å². The number of aryl methyl sites for hydroxylation is 1. The van der Waals surface area contributed by atoms with Crippen LogP contribution in [0.25, 0.3) is 0 Å². The Morgan fingerprint density at radius 3 is 2.46 bits per heavy atom. The highest BCUT2D eigenvalue weighted by Crippen LogP contribution is 2.42. The van der Waals surface area contributed by atoms with Crippen LogP contribution in [0.1, 0.15) is 50.1 Å². The van der Waals surface area contributed by atoms with E-state index in [0.29, 0.717) is 6.42 Å². The van der Waals surface area contributed by atoms with Gasteiger partial charge in [0.15, 0.2) is 6.61 Å². The molecule has 2 heterocycles. The number of nitrogens with one attached hydrogen (secondary N) is 1. The summed E-state index contributed by atoms with van der Waals surface area (Å²) in [5.41, 5.74) is 1.38. The van der Waals surface area contributed by atoms with Gasteiger partial charge in [0.2, 0.25) is 11.8 Å². The van der Waals surface area contributed by atoms with E-state index in [0.717, 1.165) is 16.1 Å². The Morgan fingerprint density at radius 2 is 1.86 bits per heavy atom. The van der Waals surface area contributed by atoms with Crippen LogP contribution in [0.2, 0.25) is 0 Å². The molecule has 3 amide bonds. The van der Waals surface area contributed by atoms with Gasteiger partial charge in [-0.05, 0) is 57.7 Å². The number of hydrogen-bond acceptors (Lipinski definition) is 6. The van der Waals surface area contributed by atoms with E-state index in [4.69, 9.17) is 4.74 Å². The zero-order chi connectivity index (χ0) is 25.8. The van der Waals surface area contributed by atoms with E-state index in [1.54, 1.807) is 4.90 Å². The molecule has 2 unspecified atom stereocenters. The van der Waals surface area contributed by atoms with E-state index in [1.807, 2.05) is 69.5 Å². The van der Waals surface area contributed by atoms with Crippen LogP contribution >= 0.6 is 11.3 Å². The molecule has 0 bridgehead atoms. The summed E-state index contributed by atoms with van der Waals surface area (Å²) in [5.74, 6) is -1.98. The van der Waals surface area contributed by atoms with Crippen molar-refractivity contribution in [3.8, 4) is 0 Å². The van der Waals surface area contributed by atoms with E-state index in [1.165, 1.54) is 23.3 Å². The van der Waals surface area contributed by atoms with Crippen LogP contribution in [0.15, 0.2) is 41.8 Å². The van der Waals surface area contributed by atoms with E-state index in [9.17, 15) is 19.2 Å². The normalized spacial score (nSPS) is 18.2. The van der Waals surface area contributed by atoms with Crippen LogP contribution in [-0.2, 0) is 23.9 Å². The first-order chi connectivity index (χ1) is 16.5. The Balaban J connectivity index is 1.72. The second kappa shape index (κ2) is 11.0. The molecule has 0 saturated carbocycles. The number of hydrogen-bond donors (Lipinski definition) is 1. The van der Waals surface area contributed by atoms with Gasteiger partial charge in [-0.25, -0.2) is 0 Å². The van der Waals surface area contributed by atoms with Crippen molar-refractivity contribution in [3.05, 3.63) is 52.2 Å². The van der Waals surface area contributed by atoms with Gasteiger partial charge in [-0.2, -0.15) is 0 Å². The standard InChI is InChI=1S/C26H33N3O5S/c1-17-8-10-18(11-9-17)29-22(31)13-12-19(24(29)20-7-6-14-35-20)25(33)34-16-23(32)28(5)15-21(30)27-26(2,3)4/h6-11,14,19,24H,12-13,15-16H2,1-5H3,(H,27,30). The molecule has 0 radical (unpaired) electrons. The summed E-state index contributed by atoms with van der Waals surface area (Å²) >= 11 is 1.47. The number of esters is 1. The Bertz CT molecular complexity index is 1060. The topological polar surface area (TPSA) is 96.0 Å². The first-order valence-corrected chi connectivity index (χ1v) is 12.5. The van der Waals surface area contributed by atoms with Gasteiger partial charge < -0.3 is 19.9 Å². The molecule has 0 spiro atoms. The number of likely N-dealkylation sites (N-methyl/N-ethyl adjacent to an activating group) is 1. The third-order valence-corrected chi connectivity index (χ3v) is 6.65. The maximum Gasteiger partial charge on any atom is 0.311 e. The van der Waals surface area contributed by atoms with Crippen molar-refractivity contribution in [2.45, 2.75) is 52.1 Å². The molecule has 1 N–H and O–H groups in total. The Morgan fingerprint density at radius 1 is 1.17 bits per heavy atom. The third kappa shape index (κ3) is 6.91. The number of carbonyl (C=O) groups excluding carboxylic acids is 4. The lowest BCUT2D eigenvalue weighted by atomic mass is 9.87. The predicted molar refractivity (Wildman–Crippen MR) is 135 cm³/mol. The second-order valence-electron chi connectivity index (χ2n) is 9.86. The lowest BCUT2D eigenvalue weighted by Gasteiger charge is -2.39. The van der Waals surface area contributed by atoms with Gasteiger partial charge in [-0.15, -0.1) is 11.3 Å². The fourth-order valence-corrected chi connectivity index (χ4v) is 4.93. The van der Waals surface area contributed by atoms with Crippen LogP contribution in [0, 0.1) is 12.8 Å². The summed E-state index contributed by atoms with van der Waals surface area (Å²) in [4.78, 5) is 54.6. The largest absolute Gasteiger partial charge is 0.455 e. The van der Waals surface area contributed by atoms with Crippen molar-refractivity contribution in [3.63, 3.8) is 0 Å². The van der Waals surface area contributed by atoms with E-state index in [-0.39, 0.29) is 24.8 Å². The number of benzene rings is 1. The summed E-state index contributed by atoms with van der Waals surface area (Å²) < 4.78 is 5.42. The van der Waals surface area contributed by atoms with Gasteiger partial charge in [0.05, 0.1) is 18.5 Å². The molecule has 1 aliphatic rings. The molecule has 35 heavy (non-hydrogen) atoms. The highest BCUT2D eigenvalue weighted by molar-refractivity contribution is 7.10. The van der Waals surface area contributed by atoms with E-state index >= 15 is 0 Å². The second-order valence-corrected chi connectivity index (χ2v) is 10.8. The molecule has 1 aliphatic heterocycles. The van der Waals surface area contributed by atoms with Gasteiger partial charge in [-0.1, -0.05) is 23.8 Å². The first kappa shape index (κ1) is 26.4. The zero-order valence-electron chi connectivity index (χ0n) is 20.9. The summed E-state index contributed by atoms with van der Waals surface area (Å²) in [5, 5.41) is 4.70. The summed E-state index contributed by atoms with van der Waals surface area (Å²) in [6.07, 6.45) is 0.539. The van der Waals surface area contributed by atoms with Crippen molar-refractivity contribution in [1.29, 1.82) is 0 Å². The highest BCUT2D eigenvalue weighted by atomic mass is 32.1. The smallest absolute Gasteiger partial charge is 0.311 e. The molecule has 9 heteroatoms. The minimum atomic E-state index is -0.616. The van der Waals surface area contributed by atoms with Crippen LogP contribution in [-0.4, -0.2) is 54.3 Å². The van der Waals surface area contributed by atoms with Gasteiger partial charge in [0.25, 0.3) is 5.91 Å². The average Bonchev–Trinajstić information content (AvgIpc) is 3.31. The number of nitrogens with zero attached hydrogens (tertiary/aromatic N) is 2. The molecule has 8 nitrogen and oxygen atoms in total. The van der Waals surface area contributed by atoms with Crippen molar-refractivity contribution >= 4 is 40.7 Å². The van der Waals surface area contributed by atoms with Crippen molar-refractivity contribution in [2.75, 3.05) is 25.1 Å². The lowest BCUT2D eigenvalue weighted by molar-refractivity contribution is -0.157. The molecule has 1 aromatic carbocycles. The molecular formula is C26H33N3O5S. The number of rotatable bonds is 7. The number of carbonyl (C=O) groups is 4. The maximum atomic E-state index is 13.2.